The molecule has 0 saturated heterocycles. The molecule has 6 nitrogen and oxygen atoms in total. The average molecular weight is 245 g/mol. The lowest BCUT2D eigenvalue weighted by molar-refractivity contribution is 0.432. The number of halogens is 1. The van der Waals surface area contributed by atoms with Gasteiger partial charge in [0.05, 0.1) is 5.69 Å². The third kappa shape index (κ3) is 1.71. The highest BCUT2D eigenvalue weighted by Crippen LogP contribution is 2.23. The van der Waals surface area contributed by atoms with Gasteiger partial charge in [0.15, 0.2) is 5.82 Å². The van der Waals surface area contributed by atoms with Crippen molar-refractivity contribution in [2.75, 3.05) is 5.73 Å². The van der Waals surface area contributed by atoms with Gasteiger partial charge in [0.1, 0.15) is 5.82 Å². The van der Waals surface area contributed by atoms with Crippen molar-refractivity contribution < 1.29 is 8.91 Å². The lowest BCUT2D eigenvalue weighted by Gasteiger charge is -1.97. The van der Waals surface area contributed by atoms with Gasteiger partial charge < -0.3 is 15.2 Å². The molecule has 0 bridgehead atoms. The van der Waals surface area contributed by atoms with E-state index in [4.69, 9.17) is 10.3 Å². The van der Waals surface area contributed by atoms with E-state index in [1.54, 1.807) is 12.4 Å². The number of nitrogens with zero attached hydrogens (tertiary/aromatic N) is 3. The highest BCUT2D eigenvalue weighted by molar-refractivity contribution is 5.61. The first-order valence-electron chi connectivity index (χ1n) is 5.13. The second kappa shape index (κ2) is 3.95. The fourth-order valence-electron chi connectivity index (χ4n) is 1.50. The SMILES string of the molecule is Nc1cc(-c2nc(-c3ncc[nH]3)no2)ccc1F. The fraction of sp³-hybridized carbons (Fsp3) is 0. The van der Waals surface area contributed by atoms with Gasteiger partial charge in [-0.3, -0.25) is 0 Å². The van der Waals surface area contributed by atoms with Gasteiger partial charge in [0.25, 0.3) is 5.89 Å². The van der Waals surface area contributed by atoms with Crippen molar-refractivity contribution in [2.45, 2.75) is 0 Å². The van der Waals surface area contributed by atoms with Crippen molar-refractivity contribution in [1.82, 2.24) is 20.1 Å². The van der Waals surface area contributed by atoms with E-state index in [9.17, 15) is 4.39 Å². The van der Waals surface area contributed by atoms with Crippen LogP contribution in [-0.4, -0.2) is 20.1 Å². The van der Waals surface area contributed by atoms with Crippen LogP contribution >= 0.6 is 0 Å². The zero-order valence-electron chi connectivity index (χ0n) is 9.09. The largest absolute Gasteiger partial charge is 0.396 e. The number of nitrogens with one attached hydrogen (secondary N) is 1. The Hall–Kier alpha value is -2.70. The summed E-state index contributed by atoms with van der Waals surface area (Å²) in [6.45, 7) is 0. The maximum absolute atomic E-state index is 13.0. The number of imidazole rings is 1. The molecule has 7 heteroatoms. The van der Waals surface area contributed by atoms with Gasteiger partial charge in [0, 0.05) is 18.0 Å². The number of nitrogens with two attached hydrogens (primary N) is 1. The van der Waals surface area contributed by atoms with Crippen LogP contribution in [0.1, 0.15) is 0 Å². The molecule has 0 unspecified atom stereocenters. The van der Waals surface area contributed by atoms with Gasteiger partial charge in [-0.25, -0.2) is 9.37 Å². The van der Waals surface area contributed by atoms with Gasteiger partial charge in [-0.05, 0) is 18.2 Å². The van der Waals surface area contributed by atoms with E-state index in [0.29, 0.717) is 17.2 Å². The van der Waals surface area contributed by atoms with Crippen molar-refractivity contribution in [2.24, 2.45) is 0 Å². The van der Waals surface area contributed by atoms with Crippen LogP contribution in [0, 0.1) is 5.82 Å². The zero-order chi connectivity index (χ0) is 12.5. The van der Waals surface area contributed by atoms with Gasteiger partial charge >= 0.3 is 0 Å². The van der Waals surface area contributed by atoms with E-state index >= 15 is 0 Å². The average Bonchev–Trinajstić information content (AvgIpc) is 3.01. The van der Waals surface area contributed by atoms with Crippen molar-refractivity contribution in [3.8, 4) is 23.1 Å². The lowest BCUT2D eigenvalue weighted by Crippen LogP contribution is -1.90. The molecule has 3 aromatic rings. The molecule has 0 amide bonds. The van der Waals surface area contributed by atoms with E-state index in [0.717, 1.165) is 0 Å². The van der Waals surface area contributed by atoms with Crippen molar-refractivity contribution in [3.63, 3.8) is 0 Å². The maximum Gasteiger partial charge on any atom is 0.258 e. The molecule has 18 heavy (non-hydrogen) atoms. The van der Waals surface area contributed by atoms with Gasteiger partial charge in [-0.2, -0.15) is 4.98 Å². The van der Waals surface area contributed by atoms with Crippen LogP contribution in [0.3, 0.4) is 0 Å². The number of benzene rings is 1. The van der Waals surface area contributed by atoms with Crippen LogP contribution in [-0.2, 0) is 0 Å². The van der Waals surface area contributed by atoms with Gasteiger partial charge in [-0.1, -0.05) is 5.16 Å². The molecular formula is C11H8FN5O. The zero-order valence-corrected chi connectivity index (χ0v) is 9.09. The van der Waals surface area contributed by atoms with Crippen LogP contribution in [0.15, 0.2) is 35.1 Å². The number of rotatable bonds is 2. The Morgan fingerprint density at radius 2 is 2.22 bits per heavy atom. The third-order valence-electron chi connectivity index (χ3n) is 2.38. The molecule has 0 radical (unpaired) electrons. The van der Waals surface area contributed by atoms with Crippen LogP contribution in [0.25, 0.3) is 23.1 Å². The van der Waals surface area contributed by atoms with Gasteiger partial charge in [-0.15, -0.1) is 0 Å². The summed E-state index contributed by atoms with van der Waals surface area (Å²) in [6.07, 6.45) is 3.24. The first-order chi connectivity index (χ1) is 8.74. The summed E-state index contributed by atoms with van der Waals surface area (Å²) in [5.74, 6) is 0.607. The molecule has 2 aromatic heterocycles. The second-order valence-electron chi connectivity index (χ2n) is 3.60. The molecule has 1 aromatic carbocycles. The van der Waals surface area contributed by atoms with Crippen LogP contribution in [0.5, 0.6) is 0 Å². The van der Waals surface area contributed by atoms with Crippen LogP contribution in [0.4, 0.5) is 10.1 Å². The summed E-state index contributed by atoms with van der Waals surface area (Å²) in [5, 5.41) is 3.77. The summed E-state index contributed by atoms with van der Waals surface area (Å²) in [4.78, 5) is 11.0. The quantitative estimate of drug-likeness (QED) is 0.672. The minimum atomic E-state index is -0.482. The number of nitrogen functional groups attached to an aromatic ring is 1. The van der Waals surface area contributed by atoms with Crippen LogP contribution in [0.2, 0.25) is 0 Å². The van der Waals surface area contributed by atoms with E-state index in [-0.39, 0.29) is 11.6 Å². The summed E-state index contributed by atoms with van der Waals surface area (Å²) < 4.78 is 18.1. The number of hydrogen-bond acceptors (Lipinski definition) is 5. The Bertz CT molecular complexity index is 677. The van der Waals surface area contributed by atoms with Gasteiger partial charge in [0.2, 0.25) is 5.82 Å². The Balaban J connectivity index is 2.00. The molecule has 0 saturated carbocycles. The molecule has 0 atom stereocenters. The summed E-state index contributed by atoms with van der Waals surface area (Å²) >= 11 is 0. The lowest BCUT2D eigenvalue weighted by atomic mass is 10.2. The van der Waals surface area contributed by atoms with Crippen molar-refractivity contribution in [1.29, 1.82) is 0 Å². The van der Waals surface area contributed by atoms with E-state index in [1.807, 2.05) is 0 Å². The molecular weight excluding hydrogens is 237 g/mol. The Labute approximate surface area is 101 Å². The second-order valence-corrected chi connectivity index (χ2v) is 3.60. The molecule has 2 heterocycles. The number of anilines is 1. The highest BCUT2D eigenvalue weighted by Gasteiger charge is 2.13. The molecule has 0 spiro atoms. The Morgan fingerprint density at radius 1 is 1.33 bits per heavy atom. The summed E-state index contributed by atoms with van der Waals surface area (Å²) in [7, 11) is 0. The van der Waals surface area contributed by atoms with E-state index in [1.165, 1.54) is 18.2 Å². The van der Waals surface area contributed by atoms with Crippen molar-refractivity contribution in [3.05, 3.63) is 36.4 Å². The normalized spacial score (nSPS) is 10.7. The Kier molecular flexibility index (Phi) is 2.30. The third-order valence-corrected chi connectivity index (χ3v) is 2.38. The number of hydrogen-bond donors (Lipinski definition) is 2. The maximum atomic E-state index is 13.0. The summed E-state index contributed by atoms with van der Waals surface area (Å²) in [5.41, 5.74) is 6.06. The predicted octanol–water partition coefficient (Wildman–Crippen LogP) is 1.85. The number of H-pyrrole nitrogens is 1. The molecule has 3 N–H and O–H groups in total. The first-order valence-corrected chi connectivity index (χ1v) is 5.13. The minimum Gasteiger partial charge on any atom is -0.396 e. The molecule has 0 aliphatic rings. The molecule has 90 valence electrons. The summed E-state index contributed by atoms with van der Waals surface area (Å²) in [6, 6.07) is 4.21. The number of aromatic amines is 1. The van der Waals surface area contributed by atoms with E-state index < -0.39 is 5.82 Å². The Morgan fingerprint density at radius 3 is 2.94 bits per heavy atom. The van der Waals surface area contributed by atoms with E-state index in [2.05, 4.69) is 20.1 Å². The number of aromatic nitrogens is 4. The highest BCUT2D eigenvalue weighted by atomic mass is 19.1. The fourth-order valence-corrected chi connectivity index (χ4v) is 1.50. The van der Waals surface area contributed by atoms with Crippen molar-refractivity contribution >= 4 is 5.69 Å². The smallest absolute Gasteiger partial charge is 0.258 e. The molecule has 0 fully saturated rings. The van der Waals surface area contributed by atoms with Crippen LogP contribution < -0.4 is 5.73 Å². The predicted molar refractivity (Wildman–Crippen MR) is 61.7 cm³/mol. The standard InChI is InChI=1S/C11H8FN5O/c12-7-2-1-6(5-8(7)13)11-16-10(17-18-11)9-14-3-4-15-9/h1-5H,13H2,(H,14,15). The molecule has 0 aliphatic carbocycles. The topological polar surface area (TPSA) is 93.6 Å². The minimum absolute atomic E-state index is 0.0326. The monoisotopic (exact) mass is 245 g/mol. The molecule has 3 rings (SSSR count). The first kappa shape index (κ1) is 10.5. The molecule has 0 aliphatic heterocycles.